The molecule has 1 fully saturated rings. The molecule has 2 nitrogen and oxygen atoms in total. The number of carbonyl (C=O) groups excluding carboxylic acids is 1. The van der Waals surface area contributed by atoms with Crippen LogP contribution in [0.25, 0.3) is 0 Å². The van der Waals surface area contributed by atoms with E-state index in [0.717, 1.165) is 17.7 Å². The number of carbonyl (C=O) groups is 1. The first kappa shape index (κ1) is 12.2. The molecule has 0 radical (unpaired) electrons. The molecule has 2 N–H and O–H groups in total. The Kier molecular flexibility index (Phi) is 4.18. The molecule has 0 atom stereocenters. The minimum atomic E-state index is 0.377. The van der Waals surface area contributed by atoms with Gasteiger partial charge in [-0.25, -0.2) is 0 Å². The molecule has 0 saturated heterocycles. The summed E-state index contributed by atoms with van der Waals surface area (Å²) >= 11 is 0. The van der Waals surface area contributed by atoms with Crippen molar-refractivity contribution in [3.8, 4) is 0 Å². The Balaban J connectivity index is 1.82. The number of hydrogen-bond acceptors (Lipinski definition) is 2. The van der Waals surface area contributed by atoms with Crippen LogP contribution in [0.5, 0.6) is 0 Å². The molecule has 0 amide bonds. The summed E-state index contributed by atoms with van der Waals surface area (Å²) in [7, 11) is 0. The minimum Gasteiger partial charge on any atom is -0.399 e. The number of nitrogen functional groups attached to an aromatic ring is 1. The van der Waals surface area contributed by atoms with Crippen molar-refractivity contribution >= 4 is 11.5 Å². The van der Waals surface area contributed by atoms with Crippen LogP contribution in [-0.2, 0) is 11.2 Å². The number of Topliss-reactive ketones (excluding diaryl/α,β-unsaturated/α-hetero) is 1. The van der Waals surface area contributed by atoms with Crippen molar-refractivity contribution in [1.29, 1.82) is 0 Å². The fourth-order valence-electron chi connectivity index (χ4n) is 2.65. The van der Waals surface area contributed by atoms with E-state index in [0.29, 0.717) is 18.1 Å². The number of ketones is 1. The second-order valence-electron chi connectivity index (χ2n) is 5.17. The molecule has 0 aromatic heterocycles. The third kappa shape index (κ3) is 3.88. The largest absolute Gasteiger partial charge is 0.399 e. The predicted molar refractivity (Wildman–Crippen MR) is 70.8 cm³/mol. The van der Waals surface area contributed by atoms with Crippen LogP contribution in [0.15, 0.2) is 24.3 Å². The van der Waals surface area contributed by atoms with Crippen molar-refractivity contribution in [1.82, 2.24) is 0 Å². The Morgan fingerprint density at radius 2 is 1.76 bits per heavy atom. The van der Waals surface area contributed by atoms with E-state index < -0.39 is 0 Å². The summed E-state index contributed by atoms with van der Waals surface area (Å²) in [4.78, 5) is 11.9. The third-order valence-corrected chi connectivity index (χ3v) is 3.62. The van der Waals surface area contributed by atoms with Crippen LogP contribution >= 0.6 is 0 Å². The molecular weight excluding hydrogens is 210 g/mol. The average Bonchev–Trinajstić information content (AvgIpc) is 2.33. The minimum absolute atomic E-state index is 0.377. The van der Waals surface area contributed by atoms with Crippen LogP contribution < -0.4 is 5.73 Å². The maximum atomic E-state index is 11.9. The summed E-state index contributed by atoms with van der Waals surface area (Å²) in [5, 5.41) is 0. The monoisotopic (exact) mass is 231 g/mol. The van der Waals surface area contributed by atoms with Gasteiger partial charge in [-0.1, -0.05) is 44.2 Å². The highest BCUT2D eigenvalue weighted by molar-refractivity contribution is 5.81. The van der Waals surface area contributed by atoms with Crippen LogP contribution in [0.4, 0.5) is 5.69 Å². The molecule has 1 aromatic carbocycles. The molecule has 0 heterocycles. The summed E-state index contributed by atoms with van der Waals surface area (Å²) < 4.78 is 0. The lowest BCUT2D eigenvalue weighted by atomic mass is 9.85. The van der Waals surface area contributed by atoms with Gasteiger partial charge in [0.2, 0.25) is 0 Å². The van der Waals surface area contributed by atoms with Gasteiger partial charge in [0, 0.05) is 18.5 Å². The topological polar surface area (TPSA) is 43.1 Å². The van der Waals surface area contributed by atoms with Gasteiger partial charge >= 0.3 is 0 Å². The molecule has 1 aliphatic carbocycles. The van der Waals surface area contributed by atoms with Gasteiger partial charge in [0.15, 0.2) is 0 Å². The van der Waals surface area contributed by atoms with E-state index in [1.165, 1.54) is 32.1 Å². The zero-order valence-electron chi connectivity index (χ0n) is 10.3. The normalized spacial score (nSPS) is 16.9. The first-order valence-corrected chi connectivity index (χ1v) is 6.60. The standard InChI is InChI=1S/C15H21NO/c16-14-8-6-13(7-9-14)11-15(17)10-12-4-2-1-3-5-12/h6-9,12H,1-5,10-11,16H2. The molecule has 92 valence electrons. The van der Waals surface area contributed by atoms with Crippen molar-refractivity contribution in [3.05, 3.63) is 29.8 Å². The second-order valence-corrected chi connectivity index (χ2v) is 5.17. The van der Waals surface area contributed by atoms with E-state index in [1.807, 2.05) is 24.3 Å². The summed E-state index contributed by atoms with van der Waals surface area (Å²) in [6.07, 6.45) is 7.78. The van der Waals surface area contributed by atoms with Crippen molar-refractivity contribution in [2.24, 2.45) is 5.92 Å². The lowest BCUT2D eigenvalue weighted by Gasteiger charge is -2.20. The van der Waals surface area contributed by atoms with Gasteiger partial charge in [0.1, 0.15) is 5.78 Å². The van der Waals surface area contributed by atoms with Gasteiger partial charge in [-0.2, -0.15) is 0 Å². The quantitative estimate of drug-likeness (QED) is 0.807. The van der Waals surface area contributed by atoms with Gasteiger partial charge < -0.3 is 5.73 Å². The molecular formula is C15H21NO. The number of rotatable bonds is 4. The number of anilines is 1. The van der Waals surface area contributed by atoms with Gasteiger partial charge in [0.25, 0.3) is 0 Å². The molecule has 1 aliphatic rings. The van der Waals surface area contributed by atoms with Gasteiger partial charge in [-0.15, -0.1) is 0 Å². The fraction of sp³-hybridized carbons (Fsp3) is 0.533. The van der Waals surface area contributed by atoms with Crippen molar-refractivity contribution < 1.29 is 4.79 Å². The molecule has 2 heteroatoms. The van der Waals surface area contributed by atoms with Crippen molar-refractivity contribution in [2.45, 2.75) is 44.9 Å². The van der Waals surface area contributed by atoms with E-state index in [4.69, 9.17) is 5.73 Å². The van der Waals surface area contributed by atoms with Gasteiger partial charge in [-0.05, 0) is 23.6 Å². The van der Waals surface area contributed by atoms with E-state index in [-0.39, 0.29) is 0 Å². The molecule has 0 spiro atoms. The Morgan fingerprint density at radius 1 is 1.12 bits per heavy atom. The zero-order chi connectivity index (χ0) is 12.1. The van der Waals surface area contributed by atoms with Crippen molar-refractivity contribution in [2.75, 3.05) is 5.73 Å². The van der Waals surface area contributed by atoms with E-state index in [9.17, 15) is 4.79 Å². The maximum absolute atomic E-state index is 11.9. The molecule has 0 unspecified atom stereocenters. The van der Waals surface area contributed by atoms with Crippen LogP contribution in [0.1, 0.15) is 44.1 Å². The van der Waals surface area contributed by atoms with Crippen LogP contribution in [-0.4, -0.2) is 5.78 Å². The van der Waals surface area contributed by atoms with Gasteiger partial charge in [0.05, 0.1) is 0 Å². The lowest BCUT2D eigenvalue weighted by Crippen LogP contribution is -2.13. The third-order valence-electron chi connectivity index (χ3n) is 3.62. The Hall–Kier alpha value is -1.31. The molecule has 17 heavy (non-hydrogen) atoms. The molecule has 2 rings (SSSR count). The molecule has 1 aromatic rings. The molecule has 1 saturated carbocycles. The van der Waals surface area contributed by atoms with Crippen LogP contribution in [0.2, 0.25) is 0 Å². The second kappa shape index (κ2) is 5.85. The van der Waals surface area contributed by atoms with E-state index in [1.54, 1.807) is 0 Å². The maximum Gasteiger partial charge on any atom is 0.137 e. The summed E-state index contributed by atoms with van der Waals surface area (Å²) in [5.41, 5.74) is 7.46. The highest BCUT2D eigenvalue weighted by Crippen LogP contribution is 2.26. The van der Waals surface area contributed by atoms with Crippen LogP contribution in [0, 0.1) is 5.92 Å². The Bertz CT molecular complexity index is 363. The molecule has 0 aliphatic heterocycles. The number of nitrogens with two attached hydrogens (primary N) is 1. The summed E-state index contributed by atoms with van der Waals surface area (Å²) in [5.74, 6) is 1.02. The first-order chi connectivity index (χ1) is 8.24. The molecule has 0 bridgehead atoms. The SMILES string of the molecule is Nc1ccc(CC(=O)CC2CCCCC2)cc1. The fourth-order valence-corrected chi connectivity index (χ4v) is 2.65. The lowest BCUT2D eigenvalue weighted by molar-refractivity contribution is -0.119. The van der Waals surface area contributed by atoms with Crippen LogP contribution in [0.3, 0.4) is 0 Å². The predicted octanol–water partition coefficient (Wildman–Crippen LogP) is 3.35. The summed E-state index contributed by atoms with van der Waals surface area (Å²) in [6.45, 7) is 0. The Morgan fingerprint density at radius 3 is 2.41 bits per heavy atom. The smallest absolute Gasteiger partial charge is 0.137 e. The highest BCUT2D eigenvalue weighted by Gasteiger charge is 2.16. The summed E-state index contributed by atoms with van der Waals surface area (Å²) in [6, 6.07) is 7.63. The van der Waals surface area contributed by atoms with Crippen molar-refractivity contribution in [3.63, 3.8) is 0 Å². The van der Waals surface area contributed by atoms with E-state index in [2.05, 4.69) is 0 Å². The number of benzene rings is 1. The first-order valence-electron chi connectivity index (χ1n) is 6.60. The average molecular weight is 231 g/mol. The zero-order valence-corrected chi connectivity index (χ0v) is 10.3. The number of hydrogen-bond donors (Lipinski definition) is 1. The Labute approximate surface area is 103 Å². The highest BCUT2D eigenvalue weighted by atomic mass is 16.1. The van der Waals surface area contributed by atoms with Gasteiger partial charge in [-0.3, -0.25) is 4.79 Å². The van der Waals surface area contributed by atoms with E-state index >= 15 is 0 Å².